The molecular weight excluding hydrogens is 320 g/mol. The van der Waals surface area contributed by atoms with Crippen molar-refractivity contribution in [2.24, 2.45) is 4.99 Å². The van der Waals surface area contributed by atoms with Gasteiger partial charge in [-0.2, -0.15) is 0 Å². The number of nitro groups is 1. The average molecular weight is 336 g/mol. The summed E-state index contributed by atoms with van der Waals surface area (Å²) in [4.78, 5) is 16.3. The Kier molecular flexibility index (Phi) is 4.80. The number of rotatable bonds is 5. The first-order valence-corrected chi connectivity index (χ1v) is 8.60. The van der Waals surface area contributed by atoms with Crippen LogP contribution in [0.5, 0.6) is 0 Å². The minimum atomic E-state index is -3.63. The van der Waals surface area contributed by atoms with E-state index in [4.69, 9.17) is 0 Å². The molecular formula is C14H16N4O4S. The molecule has 0 radical (unpaired) electrons. The molecule has 8 nitrogen and oxygen atoms in total. The first-order chi connectivity index (χ1) is 10.8. The van der Waals surface area contributed by atoms with Gasteiger partial charge in [0.25, 0.3) is 5.69 Å². The fraction of sp³-hybridized carbons (Fsp3) is 0.214. The van der Waals surface area contributed by atoms with E-state index in [1.165, 1.54) is 12.1 Å². The topological polar surface area (TPSA) is 96.1 Å². The molecule has 0 spiro atoms. The van der Waals surface area contributed by atoms with Crippen LogP contribution >= 0.6 is 0 Å². The van der Waals surface area contributed by atoms with Crippen LogP contribution in [0.25, 0.3) is 0 Å². The summed E-state index contributed by atoms with van der Waals surface area (Å²) >= 11 is 0. The first-order valence-electron chi connectivity index (χ1n) is 6.75. The van der Waals surface area contributed by atoms with Gasteiger partial charge in [0.05, 0.1) is 11.2 Å². The van der Waals surface area contributed by atoms with Gasteiger partial charge < -0.3 is 4.90 Å². The quantitative estimate of drug-likeness (QED) is 0.607. The van der Waals surface area contributed by atoms with E-state index in [9.17, 15) is 18.5 Å². The van der Waals surface area contributed by atoms with Gasteiger partial charge in [0.15, 0.2) is 0 Å². The van der Waals surface area contributed by atoms with Gasteiger partial charge >= 0.3 is 0 Å². The van der Waals surface area contributed by atoms with Crippen molar-refractivity contribution in [3.63, 3.8) is 0 Å². The number of nitro benzene ring substituents is 1. The molecule has 0 aliphatic carbocycles. The number of allylic oxidation sites excluding steroid dienone is 1. The van der Waals surface area contributed by atoms with E-state index in [0.717, 1.165) is 10.6 Å². The van der Waals surface area contributed by atoms with Crippen molar-refractivity contribution >= 4 is 33.3 Å². The summed E-state index contributed by atoms with van der Waals surface area (Å²) in [6.45, 7) is 1.72. The summed E-state index contributed by atoms with van der Waals surface area (Å²) in [6, 6.07) is 4.33. The minimum Gasteiger partial charge on any atom is -0.322 e. The van der Waals surface area contributed by atoms with Gasteiger partial charge in [-0.3, -0.25) is 19.4 Å². The van der Waals surface area contributed by atoms with Crippen LogP contribution in [-0.4, -0.2) is 32.4 Å². The number of hydrogen-bond donors (Lipinski definition) is 0. The maximum absolute atomic E-state index is 11.9. The molecule has 1 aromatic rings. The van der Waals surface area contributed by atoms with Crippen LogP contribution < -0.4 is 9.21 Å². The highest BCUT2D eigenvalue weighted by molar-refractivity contribution is 7.92. The lowest BCUT2D eigenvalue weighted by Crippen LogP contribution is -2.30. The highest BCUT2D eigenvalue weighted by Crippen LogP contribution is 2.34. The summed E-state index contributed by atoms with van der Waals surface area (Å²) in [6.07, 6.45) is 9.27. The van der Waals surface area contributed by atoms with Crippen molar-refractivity contribution in [2.45, 2.75) is 6.92 Å². The van der Waals surface area contributed by atoms with Crippen molar-refractivity contribution in [1.82, 2.24) is 0 Å². The Labute approximate surface area is 134 Å². The number of nitrogens with zero attached hydrogens (tertiary/aromatic N) is 4. The highest BCUT2D eigenvalue weighted by Gasteiger charge is 2.25. The molecule has 0 bridgehead atoms. The molecule has 2 rings (SSSR count). The predicted octanol–water partition coefficient (Wildman–Crippen LogP) is 2.26. The molecule has 1 heterocycles. The number of sulfonamides is 1. The zero-order valence-electron chi connectivity index (χ0n) is 12.7. The van der Waals surface area contributed by atoms with Gasteiger partial charge in [0.1, 0.15) is 5.69 Å². The Morgan fingerprint density at radius 2 is 2.09 bits per heavy atom. The molecule has 0 aromatic heterocycles. The summed E-state index contributed by atoms with van der Waals surface area (Å²) in [5, 5.41) is 11.2. The van der Waals surface area contributed by atoms with Gasteiger partial charge in [-0.25, -0.2) is 8.42 Å². The van der Waals surface area contributed by atoms with Crippen LogP contribution in [0.3, 0.4) is 0 Å². The van der Waals surface area contributed by atoms with Crippen LogP contribution in [0.1, 0.15) is 6.92 Å². The van der Waals surface area contributed by atoms with Gasteiger partial charge in [-0.1, -0.05) is 0 Å². The largest absolute Gasteiger partial charge is 0.322 e. The predicted molar refractivity (Wildman–Crippen MR) is 90.2 cm³/mol. The molecule has 0 saturated carbocycles. The number of anilines is 2. The standard InChI is InChI=1S/C14H16N4O4S/c1-3-17(23(2,21)22)14-11-12(5-6-13(14)18(19)20)16-9-4-7-15-8-10-16/h4-11H,3H2,1-2H3. The Hall–Kier alpha value is -2.68. The Morgan fingerprint density at radius 1 is 1.35 bits per heavy atom. The zero-order chi connectivity index (χ0) is 17.0. The van der Waals surface area contributed by atoms with Gasteiger partial charge in [0.2, 0.25) is 10.0 Å². The molecule has 1 aromatic carbocycles. The van der Waals surface area contributed by atoms with E-state index < -0.39 is 14.9 Å². The van der Waals surface area contributed by atoms with E-state index in [1.54, 1.807) is 48.8 Å². The SMILES string of the molecule is CCN(c1cc(N2C=CC=NC=C2)ccc1[N+](=O)[O-])S(C)(=O)=O. The molecule has 1 aliphatic heterocycles. The van der Waals surface area contributed by atoms with Gasteiger partial charge in [-0.05, 0) is 25.1 Å². The van der Waals surface area contributed by atoms with Gasteiger partial charge in [0, 0.05) is 43.1 Å². The fourth-order valence-corrected chi connectivity index (χ4v) is 3.15. The minimum absolute atomic E-state index is 0.0319. The Balaban J connectivity index is 2.58. The summed E-state index contributed by atoms with van der Waals surface area (Å²) in [5.41, 5.74) is 0.357. The molecule has 122 valence electrons. The van der Waals surface area contributed by atoms with Crippen LogP contribution in [0.4, 0.5) is 17.1 Å². The van der Waals surface area contributed by atoms with Crippen LogP contribution in [0.15, 0.2) is 47.9 Å². The molecule has 0 atom stereocenters. The Morgan fingerprint density at radius 3 is 2.70 bits per heavy atom. The van der Waals surface area contributed by atoms with E-state index in [-0.39, 0.29) is 17.9 Å². The van der Waals surface area contributed by atoms with Gasteiger partial charge in [-0.15, -0.1) is 0 Å². The van der Waals surface area contributed by atoms with E-state index in [1.807, 2.05) is 0 Å². The van der Waals surface area contributed by atoms with E-state index in [0.29, 0.717) is 5.69 Å². The summed E-state index contributed by atoms with van der Waals surface area (Å²) in [5.74, 6) is 0. The second kappa shape index (κ2) is 6.61. The second-order valence-corrected chi connectivity index (χ2v) is 6.61. The lowest BCUT2D eigenvalue weighted by Gasteiger charge is -2.22. The van der Waals surface area contributed by atoms with Crippen LogP contribution in [0.2, 0.25) is 0 Å². The average Bonchev–Trinajstić information content (AvgIpc) is 2.75. The molecule has 1 aliphatic rings. The number of benzene rings is 1. The summed E-state index contributed by atoms with van der Waals surface area (Å²) in [7, 11) is -3.63. The number of hydrogen-bond acceptors (Lipinski definition) is 6. The van der Waals surface area contributed by atoms with E-state index >= 15 is 0 Å². The number of aliphatic imine (C=N–C) groups is 1. The molecule has 0 fully saturated rings. The molecule has 0 unspecified atom stereocenters. The van der Waals surface area contributed by atoms with Crippen molar-refractivity contribution in [3.8, 4) is 0 Å². The van der Waals surface area contributed by atoms with Crippen LogP contribution in [0, 0.1) is 10.1 Å². The maximum atomic E-state index is 11.9. The molecule has 0 amide bonds. The fourth-order valence-electron chi connectivity index (χ4n) is 2.17. The third kappa shape index (κ3) is 3.75. The lowest BCUT2D eigenvalue weighted by molar-refractivity contribution is -0.384. The van der Waals surface area contributed by atoms with Crippen molar-refractivity contribution in [1.29, 1.82) is 0 Å². The third-order valence-electron chi connectivity index (χ3n) is 3.14. The summed E-state index contributed by atoms with van der Waals surface area (Å²) < 4.78 is 24.9. The van der Waals surface area contributed by atoms with Crippen LogP contribution in [-0.2, 0) is 10.0 Å². The normalized spacial score (nSPS) is 13.9. The maximum Gasteiger partial charge on any atom is 0.293 e. The van der Waals surface area contributed by atoms with Crippen molar-refractivity contribution in [2.75, 3.05) is 22.0 Å². The molecule has 9 heteroatoms. The molecule has 0 N–H and O–H groups in total. The smallest absolute Gasteiger partial charge is 0.293 e. The highest BCUT2D eigenvalue weighted by atomic mass is 32.2. The molecule has 0 saturated heterocycles. The Bertz CT molecular complexity index is 783. The van der Waals surface area contributed by atoms with Crippen molar-refractivity contribution < 1.29 is 13.3 Å². The monoisotopic (exact) mass is 336 g/mol. The molecule has 23 heavy (non-hydrogen) atoms. The lowest BCUT2D eigenvalue weighted by atomic mass is 10.2. The zero-order valence-corrected chi connectivity index (χ0v) is 13.5. The second-order valence-electron chi connectivity index (χ2n) is 4.70. The van der Waals surface area contributed by atoms with E-state index in [2.05, 4.69) is 4.99 Å². The third-order valence-corrected chi connectivity index (χ3v) is 4.40. The van der Waals surface area contributed by atoms with Crippen molar-refractivity contribution in [3.05, 3.63) is 53.0 Å². The first kappa shape index (κ1) is 16.7.